The van der Waals surface area contributed by atoms with Gasteiger partial charge in [-0.1, -0.05) is 18.6 Å². The Balaban J connectivity index is 1.84. The first-order chi connectivity index (χ1) is 8.47. The molecular weight excluding hydrogens is 245 g/mol. The predicted molar refractivity (Wildman–Crippen MR) is 61.0 cm³/mol. The van der Waals surface area contributed by atoms with Crippen LogP contribution in [-0.4, -0.2) is 36.2 Å². The molecule has 0 aromatic heterocycles. The quantitative estimate of drug-likeness (QED) is 0.724. The summed E-state index contributed by atoms with van der Waals surface area (Å²) in [7, 11) is 0. The Bertz CT molecular complexity index is 333. The molecule has 1 saturated carbocycles. The smallest absolute Gasteiger partial charge is 0.335 e. The number of amides is 2. The SMILES string of the molecule is O=C(N[C@@H]1CCC[C@H](C(F)(F)F)C1)N1CC=CC1. The average molecular weight is 262 g/mol. The molecule has 0 aromatic rings. The van der Waals surface area contributed by atoms with Crippen molar-refractivity contribution < 1.29 is 18.0 Å². The van der Waals surface area contributed by atoms with Crippen molar-refractivity contribution in [1.29, 1.82) is 0 Å². The van der Waals surface area contributed by atoms with Gasteiger partial charge in [0.2, 0.25) is 0 Å². The van der Waals surface area contributed by atoms with E-state index in [1.165, 1.54) is 0 Å². The van der Waals surface area contributed by atoms with Crippen LogP contribution < -0.4 is 5.32 Å². The van der Waals surface area contributed by atoms with Crippen LogP contribution in [0, 0.1) is 5.92 Å². The van der Waals surface area contributed by atoms with Gasteiger partial charge < -0.3 is 10.2 Å². The van der Waals surface area contributed by atoms with Crippen LogP contribution in [0.15, 0.2) is 12.2 Å². The average Bonchev–Trinajstić information content (AvgIpc) is 2.81. The van der Waals surface area contributed by atoms with Gasteiger partial charge in [-0.3, -0.25) is 0 Å². The molecule has 0 unspecified atom stereocenters. The number of nitrogens with zero attached hydrogens (tertiary/aromatic N) is 1. The van der Waals surface area contributed by atoms with Gasteiger partial charge in [0.1, 0.15) is 0 Å². The van der Waals surface area contributed by atoms with E-state index in [0.717, 1.165) is 0 Å². The molecule has 6 heteroatoms. The van der Waals surface area contributed by atoms with E-state index in [4.69, 9.17) is 0 Å². The van der Waals surface area contributed by atoms with Crippen LogP contribution in [0.25, 0.3) is 0 Å². The number of alkyl halides is 3. The lowest BCUT2D eigenvalue weighted by Crippen LogP contribution is -2.46. The Morgan fingerprint density at radius 1 is 1.22 bits per heavy atom. The highest BCUT2D eigenvalue weighted by molar-refractivity contribution is 5.75. The van der Waals surface area contributed by atoms with Gasteiger partial charge in [0.25, 0.3) is 0 Å². The minimum atomic E-state index is -4.14. The van der Waals surface area contributed by atoms with Crippen LogP contribution in [-0.2, 0) is 0 Å². The third-order valence-electron chi connectivity index (χ3n) is 3.57. The Labute approximate surface area is 104 Å². The molecule has 0 aromatic carbocycles. The molecule has 1 N–H and O–H groups in total. The zero-order valence-electron chi connectivity index (χ0n) is 10.0. The molecular formula is C12H17F3N2O. The molecule has 0 bridgehead atoms. The number of nitrogens with one attached hydrogen (secondary N) is 1. The number of carbonyl (C=O) groups excluding carboxylic acids is 1. The zero-order valence-corrected chi connectivity index (χ0v) is 10.0. The van der Waals surface area contributed by atoms with Gasteiger partial charge >= 0.3 is 12.2 Å². The number of carbonyl (C=O) groups is 1. The number of hydrogen-bond acceptors (Lipinski definition) is 1. The zero-order chi connectivity index (χ0) is 13.2. The minimum absolute atomic E-state index is 0.0104. The first-order valence-corrected chi connectivity index (χ1v) is 6.24. The maximum absolute atomic E-state index is 12.6. The minimum Gasteiger partial charge on any atom is -0.335 e. The van der Waals surface area contributed by atoms with Crippen molar-refractivity contribution in [3.63, 3.8) is 0 Å². The van der Waals surface area contributed by atoms with Crippen LogP contribution in [0.2, 0.25) is 0 Å². The molecule has 1 fully saturated rings. The second-order valence-electron chi connectivity index (χ2n) is 4.93. The number of hydrogen-bond donors (Lipinski definition) is 1. The largest absolute Gasteiger partial charge is 0.391 e. The van der Waals surface area contributed by atoms with Crippen molar-refractivity contribution in [2.75, 3.05) is 13.1 Å². The molecule has 0 radical (unpaired) electrons. The van der Waals surface area contributed by atoms with Gasteiger partial charge in [-0.05, 0) is 19.3 Å². The predicted octanol–water partition coefficient (Wildman–Crippen LogP) is 2.69. The Morgan fingerprint density at radius 3 is 2.50 bits per heavy atom. The summed E-state index contributed by atoms with van der Waals surface area (Å²) in [6.45, 7) is 1.09. The molecule has 0 saturated heterocycles. The third kappa shape index (κ3) is 3.17. The van der Waals surface area contributed by atoms with E-state index in [2.05, 4.69) is 5.32 Å². The Morgan fingerprint density at radius 2 is 1.89 bits per heavy atom. The van der Waals surface area contributed by atoms with Crippen molar-refractivity contribution in [3.8, 4) is 0 Å². The van der Waals surface area contributed by atoms with Crippen LogP contribution >= 0.6 is 0 Å². The van der Waals surface area contributed by atoms with Crippen molar-refractivity contribution in [2.45, 2.75) is 37.9 Å². The van der Waals surface area contributed by atoms with Crippen molar-refractivity contribution >= 4 is 6.03 Å². The van der Waals surface area contributed by atoms with Gasteiger partial charge in [-0.15, -0.1) is 0 Å². The lowest BCUT2D eigenvalue weighted by atomic mass is 9.85. The molecule has 0 spiro atoms. The van der Waals surface area contributed by atoms with E-state index in [-0.39, 0.29) is 24.9 Å². The number of rotatable bonds is 1. The molecule has 2 aliphatic rings. The van der Waals surface area contributed by atoms with E-state index >= 15 is 0 Å². The van der Waals surface area contributed by atoms with Gasteiger partial charge in [-0.25, -0.2) is 4.79 Å². The second kappa shape index (κ2) is 5.20. The van der Waals surface area contributed by atoms with Crippen LogP contribution in [0.1, 0.15) is 25.7 Å². The molecule has 3 nitrogen and oxygen atoms in total. The summed E-state index contributed by atoms with van der Waals surface area (Å²) in [5, 5.41) is 2.71. The van der Waals surface area contributed by atoms with Crippen LogP contribution in [0.3, 0.4) is 0 Å². The van der Waals surface area contributed by atoms with Crippen molar-refractivity contribution in [2.24, 2.45) is 5.92 Å². The highest BCUT2D eigenvalue weighted by atomic mass is 19.4. The fraction of sp³-hybridized carbons (Fsp3) is 0.750. The maximum atomic E-state index is 12.6. The molecule has 102 valence electrons. The van der Waals surface area contributed by atoms with Crippen molar-refractivity contribution in [1.82, 2.24) is 10.2 Å². The fourth-order valence-electron chi connectivity index (χ4n) is 2.53. The highest BCUT2D eigenvalue weighted by Gasteiger charge is 2.42. The molecule has 2 amide bonds. The highest BCUT2D eigenvalue weighted by Crippen LogP contribution is 2.37. The molecule has 1 heterocycles. The van der Waals surface area contributed by atoms with E-state index in [0.29, 0.717) is 25.9 Å². The van der Waals surface area contributed by atoms with Gasteiger partial charge in [0, 0.05) is 19.1 Å². The lowest BCUT2D eigenvalue weighted by Gasteiger charge is -2.32. The second-order valence-corrected chi connectivity index (χ2v) is 4.93. The van der Waals surface area contributed by atoms with Crippen LogP contribution in [0.4, 0.5) is 18.0 Å². The topological polar surface area (TPSA) is 32.3 Å². The van der Waals surface area contributed by atoms with E-state index in [9.17, 15) is 18.0 Å². The number of urea groups is 1. The molecule has 2 atom stereocenters. The lowest BCUT2D eigenvalue weighted by molar-refractivity contribution is -0.183. The van der Waals surface area contributed by atoms with Gasteiger partial charge in [0.05, 0.1) is 5.92 Å². The summed E-state index contributed by atoms with van der Waals surface area (Å²) in [6.07, 6.45) is 0.959. The Hall–Kier alpha value is -1.20. The third-order valence-corrected chi connectivity index (χ3v) is 3.57. The first-order valence-electron chi connectivity index (χ1n) is 6.24. The first kappa shape index (κ1) is 13.2. The van der Waals surface area contributed by atoms with E-state index in [1.807, 2.05) is 12.2 Å². The maximum Gasteiger partial charge on any atom is 0.391 e. The normalized spacial score (nSPS) is 28.5. The summed E-state index contributed by atoms with van der Waals surface area (Å²) in [4.78, 5) is 13.3. The molecule has 1 aliphatic heterocycles. The monoisotopic (exact) mass is 262 g/mol. The summed E-state index contributed by atoms with van der Waals surface area (Å²) >= 11 is 0. The molecule has 2 rings (SSSR count). The molecule has 18 heavy (non-hydrogen) atoms. The summed E-state index contributed by atoms with van der Waals surface area (Å²) < 4.78 is 37.9. The van der Waals surface area contributed by atoms with Gasteiger partial charge in [0.15, 0.2) is 0 Å². The van der Waals surface area contributed by atoms with E-state index in [1.54, 1.807) is 4.90 Å². The van der Waals surface area contributed by atoms with Gasteiger partial charge in [-0.2, -0.15) is 13.2 Å². The summed E-state index contributed by atoms with van der Waals surface area (Å²) in [5.41, 5.74) is 0. The Kier molecular flexibility index (Phi) is 3.82. The number of halogens is 3. The van der Waals surface area contributed by atoms with Crippen LogP contribution in [0.5, 0.6) is 0 Å². The molecule has 1 aliphatic carbocycles. The van der Waals surface area contributed by atoms with Crippen molar-refractivity contribution in [3.05, 3.63) is 12.2 Å². The standard InChI is InChI=1S/C12H17F3N2O/c13-12(14,15)9-4-3-5-10(8-9)16-11(18)17-6-1-2-7-17/h1-2,9-10H,3-8H2,(H,16,18)/t9-,10+/m0/s1. The summed E-state index contributed by atoms with van der Waals surface area (Å²) in [5.74, 6) is -1.27. The van der Waals surface area contributed by atoms with E-state index < -0.39 is 12.1 Å². The fourth-order valence-corrected chi connectivity index (χ4v) is 2.53. The summed E-state index contributed by atoms with van der Waals surface area (Å²) in [6, 6.07) is -0.605.